The number of rotatable bonds is 5. The van der Waals surface area contributed by atoms with E-state index in [1.807, 2.05) is 0 Å². The third-order valence-electron chi connectivity index (χ3n) is 4.28. The maximum atomic E-state index is 12.8. The van der Waals surface area contributed by atoms with Crippen LogP contribution in [0, 0.1) is 5.92 Å². The Morgan fingerprint density at radius 3 is 2.92 bits per heavy atom. The van der Waals surface area contributed by atoms with Crippen molar-refractivity contribution in [1.82, 2.24) is 15.1 Å². The predicted octanol–water partition coefficient (Wildman–Crippen LogP) is 2.61. The van der Waals surface area contributed by atoms with Gasteiger partial charge in [0, 0.05) is 18.7 Å². The third-order valence-corrected chi connectivity index (χ3v) is 4.28. The molecule has 1 saturated heterocycles. The Morgan fingerprint density at radius 2 is 2.19 bits per heavy atom. The molecule has 1 aromatic carbocycles. The first kappa shape index (κ1) is 17.8. The number of aromatic nitrogens is 2. The van der Waals surface area contributed by atoms with E-state index in [0.29, 0.717) is 30.6 Å². The first-order valence-electron chi connectivity index (χ1n) is 8.06. The minimum atomic E-state index is -2.95. The molecular formula is C17H17F2N3O4. The molecule has 2 N–H and O–H groups in total. The Labute approximate surface area is 147 Å². The van der Waals surface area contributed by atoms with E-state index in [1.54, 1.807) is 6.07 Å². The smallest absolute Gasteiger partial charge is 0.387 e. The fourth-order valence-electron chi connectivity index (χ4n) is 3.03. The summed E-state index contributed by atoms with van der Waals surface area (Å²) in [4.78, 5) is 25.5. The van der Waals surface area contributed by atoms with Gasteiger partial charge in [0.15, 0.2) is 0 Å². The van der Waals surface area contributed by atoms with Gasteiger partial charge in [-0.05, 0) is 25.0 Å². The minimum absolute atomic E-state index is 0.0330. The molecule has 1 amide bonds. The Morgan fingerprint density at radius 1 is 1.38 bits per heavy atom. The van der Waals surface area contributed by atoms with E-state index in [1.165, 1.54) is 29.3 Å². The molecule has 1 aromatic heterocycles. The van der Waals surface area contributed by atoms with E-state index in [-0.39, 0.29) is 23.8 Å². The van der Waals surface area contributed by atoms with Crippen LogP contribution in [0.25, 0.3) is 11.3 Å². The second kappa shape index (κ2) is 7.51. The average Bonchev–Trinajstić information content (AvgIpc) is 3.10. The highest BCUT2D eigenvalue weighted by atomic mass is 19.3. The summed E-state index contributed by atoms with van der Waals surface area (Å²) in [5, 5.41) is 15.8. The zero-order valence-corrected chi connectivity index (χ0v) is 13.7. The van der Waals surface area contributed by atoms with E-state index >= 15 is 0 Å². The molecule has 2 aromatic rings. The number of ether oxygens (including phenoxy) is 1. The van der Waals surface area contributed by atoms with Crippen molar-refractivity contribution in [2.24, 2.45) is 5.92 Å². The molecule has 1 aliphatic rings. The molecule has 0 radical (unpaired) electrons. The maximum absolute atomic E-state index is 12.8. The first-order chi connectivity index (χ1) is 12.5. The number of carbonyl (C=O) groups excluding carboxylic acids is 1. The molecule has 3 rings (SSSR count). The van der Waals surface area contributed by atoms with Crippen LogP contribution in [0.15, 0.2) is 30.5 Å². The van der Waals surface area contributed by atoms with E-state index in [9.17, 15) is 23.5 Å². The first-order valence-corrected chi connectivity index (χ1v) is 8.06. The van der Waals surface area contributed by atoms with Crippen LogP contribution in [0.1, 0.15) is 23.2 Å². The quantitative estimate of drug-likeness (QED) is 0.849. The van der Waals surface area contributed by atoms with Crippen molar-refractivity contribution in [2.75, 3.05) is 13.1 Å². The summed E-state index contributed by atoms with van der Waals surface area (Å²) < 4.78 is 29.2. The lowest BCUT2D eigenvalue weighted by Crippen LogP contribution is -2.42. The number of H-pyrrole nitrogens is 1. The number of nitrogens with one attached hydrogen (secondary N) is 1. The molecule has 1 aliphatic heterocycles. The number of nitrogens with zero attached hydrogens (tertiary/aromatic N) is 2. The number of hydrogen-bond acceptors (Lipinski definition) is 4. The Bertz CT molecular complexity index is 809. The number of aromatic amines is 1. The van der Waals surface area contributed by atoms with Crippen LogP contribution in [0.3, 0.4) is 0 Å². The summed E-state index contributed by atoms with van der Waals surface area (Å²) in [6, 6.07) is 5.94. The second-order valence-corrected chi connectivity index (χ2v) is 5.99. The van der Waals surface area contributed by atoms with Gasteiger partial charge < -0.3 is 14.7 Å². The molecule has 1 atom stereocenters. The number of halogens is 2. The molecule has 0 saturated carbocycles. The minimum Gasteiger partial charge on any atom is -0.481 e. The number of hydrogen-bond donors (Lipinski definition) is 2. The number of alkyl halides is 2. The number of carbonyl (C=O) groups is 2. The Hall–Kier alpha value is -2.97. The molecule has 0 bridgehead atoms. The average molecular weight is 365 g/mol. The molecule has 9 heteroatoms. The van der Waals surface area contributed by atoms with Gasteiger partial charge in [0.05, 0.1) is 23.4 Å². The fraction of sp³-hybridized carbons (Fsp3) is 0.353. The molecular weight excluding hydrogens is 348 g/mol. The van der Waals surface area contributed by atoms with Crippen molar-refractivity contribution >= 4 is 11.9 Å². The van der Waals surface area contributed by atoms with Gasteiger partial charge in [-0.15, -0.1) is 0 Å². The summed E-state index contributed by atoms with van der Waals surface area (Å²) in [6.45, 7) is -2.36. The summed E-state index contributed by atoms with van der Waals surface area (Å²) in [5.74, 6) is -1.90. The number of likely N-dealkylation sites (tertiary alicyclic amines) is 1. The molecule has 1 unspecified atom stereocenters. The van der Waals surface area contributed by atoms with Crippen LogP contribution in [0.4, 0.5) is 8.78 Å². The van der Waals surface area contributed by atoms with Crippen LogP contribution in [-0.2, 0) is 4.79 Å². The molecule has 26 heavy (non-hydrogen) atoms. The van der Waals surface area contributed by atoms with Crippen molar-refractivity contribution in [3.63, 3.8) is 0 Å². The van der Waals surface area contributed by atoms with Gasteiger partial charge in [-0.25, -0.2) is 0 Å². The normalized spacial score (nSPS) is 17.3. The lowest BCUT2D eigenvalue weighted by atomic mass is 9.97. The van der Waals surface area contributed by atoms with Crippen molar-refractivity contribution in [1.29, 1.82) is 0 Å². The highest BCUT2D eigenvalue weighted by Crippen LogP contribution is 2.28. The predicted molar refractivity (Wildman–Crippen MR) is 86.9 cm³/mol. The summed E-state index contributed by atoms with van der Waals surface area (Å²) in [6.07, 6.45) is 2.49. The zero-order valence-electron chi connectivity index (χ0n) is 13.7. The summed E-state index contributed by atoms with van der Waals surface area (Å²) >= 11 is 0. The van der Waals surface area contributed by atoms with Crippen LogP contribution < -0.4 is 4.74 Å². The van der Waals surface area contributed by atoms with Crippen molar-refractivity contribution < 1.29 is 28.2 Å². The van der Waals surface area contributed by atoms with E-state index in [4.69, 9.17) is 0 Å². The largest absolute Gasteiger partial charge is 0.481 e. The van der Waals surface area contributed by atoms with Crippen LogP contribution in [0.5, 0.6) is 5.75 Å². The van der Waals surface area contributed by atoms with Gasteiger partial charge in [0.2, 0.25) is 0 Å². The SMILES string of the molecule is O=C(O)C1CCCN(C(=O)c2cn[nH]c2-c2cccc(OC(F)F)c2)C1. The molecule has 0 aliphatic carbocycles. The van der Waals surface area contributed by atoms with Gasteiger partial charge >= 0.3 is 12.6 Å². The number of carboxylic acid groups (broad SMARTS) is 1. The number of aliphatic carboxylic acids is 1. The van der Waals surface area contributed by atoms with E-state index in [2.05, 4.69) is 14.9 Å². The van der Waals surface area contributed by atoms with Gasteiger partial charge in [0.25, 0.3) is 5.91 Å². The van der Waals surface area contributed by atoms with Gasteiger partial charge in [-0.3, -0.25) is 14.7 Å². The number of benzene rings is 1. The standard InChI is InChI=1S/C17H17F2N3O4/c18-17(19)26-12-5-1-3-10(7-12)14-13(8-20-21-14)15(23)22-6-2-4-11(9-22)16(24)25/h1,3,5,7-8,11,17H,2,4,6,9H2,(H,20,21)(H,24,25). The Kier molecular flexibility index (Phi) is 5.15. The van der Waals surface area contributed by atoms with E-state index < -0.39 is 18.5 Å². The summed E-state index contributed by atoms with van der Waals surface area (Å²) in [7, 11) is 0. The van der Waals surface area contributed by atoms with Gasteiger partial charge in [-0.1, -0.05) is 12.1 Å². The number of piperidine rings is 1. The molecule has 138 valence electrons. The van der Waals surface area contributed by atoms with Crippen molar-refractivity contribution in [3.8, 4) is 17.0 Å². The van der Waals surface area contributed by atoms with Crippen LogP contribution >= 0.6 is 0 Å². The summed E-state index contributed by atoms with van der Waals surface area (Å²) in [5.41, 5.74) is 1.09. The fourth-order valence-corrected chi connectivity index (χ4v) is 3.03. The highest BCUT2D eigenvalue weighted by Gasteiger charge is 2.30. The molecule has 7 nitrogen and oxygen atoms in total. The van der Waals surface area contributed by atoms with Crippen molar-refractivity contribution in [2.45, 2.75) is 19.5 Å². The molecule has 2 heterocycles. The third kappa shape index (κ3) is 3.81. The lowest BCUT2D eigenvalue weighted by molar-refractivity contribution is -0.143. The number of amides is 1. The Balaban J connectivity index is 1.84. The molecule has 1 fully saturated rings. The van der Waals surface area contributed by atoms with Crippen molar-refractivity contribution in [3.05, 3.63) is 36.0 Å². The van der Waals surface area contributed by atoms with Gasteiger partial charge in [0.1, 0.15) is 5.75 Å². The van der Waals surface area contributed by atoms with Crippen LogP contribution in [-0.4, -0.2) is 51.8 Å². The van der Waals surface area contributed by atoms with Crippen LogP contribution in [0.2, 0.25) is 0 Å². The number of carboxylic acids is 1. The second-order valence-electron chi connectivity index (χ2n) is 5.99. The zero-order chi connectivity index (χ0) is 18.7. The topological polar surface area (TPSA) is 95.5 Å². The maximum Gasteiger partial charge on any atom is 0.387 e. The monoisotopic (exact) mass is 365 g/mol. The highest BCUT2D eigenvalue weighted by molar-refractivity contribution is 6.00. The van der Waals surface area contributed by atoms with E-state index in [0.717, 1.165) is 0 Å². The molecule has 0 spiro atoms. The lowest BCUT2D eigenvalue weighted by Gasteiger charge is -2.30. The van der Waals surface area contributed by atoms with Gasteiger partial charge in [-0.2, -0.15) is 13.9 Å².